The van der Waals surface area contributed by atoms with Gasteiger partial charge in [-0.2, -0.15) is 0 Å². The molecule has 1 aromatic carbocycles. The Morgan fingerprint density at radius 1 is 1.25 bits per heavy atom. The summed E-state index contributed by atoms with van der Waals surface area (Å²) in [4.78, 5) is 6.41. The lowest BCUT2D eigenvalue weighted by molar-refractivity contribution is 0.317. The second-order valence-electron chi connectivity index (χ2n) is 4.14. The molecule has 0 aliphatic heterocycles. The van der Waals surface area contributed by atoms with Crippen LogP contribution in [0.2, 0.25) is 0 Å². The average Bonchev–Trinajstić information content (AvgIpc) is 2.50. The lowest BCUT2D eigenvalue weighted by atomic mass is 10.2. The molecule has 0 saturated carbocycles. The zero-order chi connectivity index (χ0) is 14.4. The first kappa shape index (κ1) is 14.3. The van der Waals surface area contributed by atoms with Crippen molar-refractivity contribution < 1.29 is 5.21 Å². The number of anilines is 2. The molecule has 0 fully saturated rings. The molecule has 2 rings (SSSR count). The Morgan fingerprint density at radius 3 is 2.65 bits per heavy atom. The molecule has 3 N–H and O–H groups in total. The molecule has 5 nitrogen and oxygen atoms in total. The molecular weight excluding hydrogens is 320 g/mol. The van der Waals surface area contributed by atoms with E-state index in [0.717, 1.165) is 16.0 Å². The molecule has 0 bridgehead atoms. The van der Waals surface area contributed by atoms with E-state index in [0.29, 0.717) is 13.0 Å². The minimum Gasteiger partial charge on any atom is -0.409 e. The third-order valence-electron chi connectivity index (χ3n) is 2.78. The molecule has 0 aliphatic rings. The lowest BCUT2D eigenvalue weighted by Crippen LogP contribution is -2.25. The number of hydrogen-bond donors (Lipinski definition) is 2. The molecule has 1 heterocycles. The molecule has 0 aliphatic carbocycles. The number of hydrogen-bond acceptors (Lipinski definition) is 4. The van der Waals surface area contributed by atoms with E-state index in [1.165, 1.54) is 0 Å². The molecular formula is C14H15BrN4O. The van der Waals surface area contributed by atoms with E-state index in [1.807, 2.05) is 47.4 Å². The van der Waals surface area contributed by atoms with Gasteiger partial charge in [0.2, 0.25) is 0 Å². The summed E-state index contributed by atoms with van der Waals surface area (Å²) >= 11 is 3.50. The highest BCUT2D eigenvalue weighted by Crippen LogP contribution is 2.29. The van der Waals surface area contributed by atoms with Crippen LogP contribution in [-0.4, -0.2) is 22.6 Å². The monoisotopic (exact) mass is 334 g/mol. The van der Waals surface area contributed by atoms with E-state index < -0.39 is 0 Å². The van der Waals surface area contributed by atoms with Crippen molar-refractivity contribution in [2.45, 2.75) is 6.42 Å². The SMILES string of the molecule is NC(CCN(c1ccccc1)c1ncccc1Br)=NO. The number of nitrogens with zero attached hydrogens (tertiary/aromatic N) is 3. The fourth-order valence-electron chi connectivity index (χ4n) is 1.82. The standard InChI is InChI=1S/C14H15BrN4O/c15-12-7-4-9-17-14(12)19(10-8-13(16)18-20)11-5-2-1-3-6-11/h1-7,9,20H,8,10H2,(H2,16,18). The van der Waals surface area contributed by atoms with Crippen molar-refractivity contribution in [3.05, 3.63) is 53.1 Å². The third kappa shape index (κ3) is 3.48. The zero-order valence-electron chi connectivity index (χ0n) is 10.8. The summed E-state index contributed by atoms with van der Waals surface area (Å²) in [7, 11) is 0. The van der Waals surface area contributed by atoms with E-state index in [2.05, 4.69) is 26.1 Å². The van der Waals surface area contributed by atoms with Crippen LogP contribution in [0.5, 0.6) is 0 Å². The summed E-state index contributed by atoms with van der Waals surface area (Å²) in [6.45, 7) is 0.565. The average molecular weight is 335 g/mol. The molecule has 2 aromatic rings. The van der Waals surface area contributed by atoms with Gasteiger partial charge in [0.25, 0.3) is 0 Å². The van der Waals surface area contributed by atoms with E-state index >= 15 is 0 Å². The van der Waals surface area contributed by atoms with Crippen molar-refractivity contribution in [2.75, 3.05) is 11.4 Å². The van der Waals surface area contributed by atoms with Gasteiger partial charge in [-0.25, -0.2) is 4.98 Å². The van der Waals surface area contributed by atoms with Crippen LogP contribution in [-0.2, 0) is 0 Å². The van der Waals surface area contributed by atoms with Crippen LogP contribution in [0.15, 0.2) is 58.3 Å². The Balaban J connectivity index is 2.32. The van der Waals surface area contributed by atoms with Crippen molar-refractivity contribution in [2.24, 2.45) is 10.9 Å². The maximum absolute atomic E-state index is 8.66. The molecule has 6 heteroatoms. The summed E-state index contributed by atoms with van der Waals surface area (Å²) in [6.07, 6.45) is 2.17. The van der Waals surface area contributed by atoms with E-state index in [4.69, 9.17) is 10.9 Å². The van der Waals surface area contributed by atoms with Crippen LogP contribution in [0, 0.1) is 0 Å². The highest BCUT2D eigenvalue weighted by Gasteiger charge is 2.13. The maximum atomic E-state index is 8.66. The summed E-state index contributed by atoms with van der Waals surface area (Å²) in [5.41, 5.74) is 6.55. The molecule has 20 heavy (non-hydrogen) atoms. The largest absolute Gasteiger partial charge is 0.409 e. The number of benzene rings is 1. The number of aromatic nitrogens is 1. The predicted molar refractivity (Wildman–Crippen MR) is 83.4 cm³/mol. The molecule has 0 radical (unpaired) electrons. The van der Waals surface area contributed by atoms with Crippen LogP contribution in [0.3, 0.4) is 0 Å². The Kier molecular flexibility index (Phi) is 4.95. The fourth-order valence-corrected chi connectivity index (χ4v) is 2.29. The molecule has 0 atom stereocenters. The van der Waals surface area contributed by atoms with Crippen LogP contribution in [0.4, 0.5) is 11.5 Å². The Hall–Kier alpha value is -2.08. The molecule has 0 amide bonds. The summed E-state index contributed by atoms with van der Waals surface area (Å²) in [6, 6.07) is 13.7. The van der Waals surface area contributed by atoms with E-state index in [9.17, 15) is 0 Å². The first-order valence-electron chi connectivity index (χ1n) is 6.12. The van der Waals surface area contributed by atoms with Crippen LogP contribution in [0.1, 0.15) is 6.42 Å². The van der Waals surface area contributed by atoms with Gasteiger partial charge in [-0.15, -0.1) is 0 Å². The number of rotatable bonds is 5. The summed E-state index contributed by atoms with van der Waals surface area (Å²) in [5, 5.41) is 11.7. The molecule has 0 saturated heterocycles. The van der Waals surface area contributed by atoms with E-state index in [-0.39, 0.29) is 5.84 Å². The second-order valence-corrected chi connectivity index (χ2v) is 4.99. The quantitative estimate of drug-likeness (QED) is 0.381. The van der Waals surface area contributed by atoms with Gasteiger partial charge < -0.3 is 15.8 Å². The van der Waals surface area contributed by atoms with Gasteiger partial charge in [-0.1, -0.05) is 23.4 Å². The number of pyridine rings is 1. The van der Waals surface area contributed by atoms with Crippen molar-refractivity contribution in [3.8, 4) is 0 Å². The van der Waals surface area contributed by atoms with Crippen molar-refractivity contribution >= 4 is 33.3 Å². The topological polar surface area (TPSA) is 74.7 Å². The smallest absolute Gasteiger partial charge is 0.147 e. The Labute approximate surface area is 125 Å². The maximum Gasteiger partial charge on any atom is 0.147 e. The van der Waals surface area contributed by atoms with E-state index in [1.54, 1.807) is 6.20 Å². The van der Waals surface area contributed by atoms with Crippen LogP contribution < -0.4 is 10.6 Å². The number of nitrogens with two attached hydrogens (primary N) is 1. The predicted octanol–water partition coefficient (Wildman–Crippen LogP) is 3.12. The van der Waals surface area contributed by atoms with Crippen molar-refractivity contribution in [1.29, 1.82) is 0 Å². The minimum absolute atomic E-state index is 0.193. The lowest BCUT2D eigenvalue weighted by Gasteiger charge is -2.24. The minimum atomic E-state index is 0.193. The third-order valence-corrected chi connectivity index (χ3v) is 3.40. The van der Waals surface area contributed by atoms with Gasteiger partial charge in [-0.05, 0) is 40.2 Å². The van der Waals surface area contributed by atoms with Crippen molar-refractivity contribution in [3.63, 3.8) is 0 Å². The number of amidine groups is 1. The highest BCUT2D eigenvalue weighted by molar-refractivity contribution is 9.10. The Morgan fingerprint density at radius 2 is 2.00 bits per heavy atom. The van der Waals surface area contributed by atoms with Crippen LogP contribution in [0.25, 0.3) is 0 Å². The van der Waals surface area contributed by atoms with Gasteiger partial charge >= 0.3 is 0 Å². The summed E-state index contributed by atoms with van der Waals surface area (Å²) in [5.74, 6) is 0.988. The van der Waals surface area contributed by atoms with Gasteiger partial charge in [0, 0.05) is 24.8 Å². The highest BCUT2D eigenvalue weighted by atomic mass is 79.9. The number of oxime groups is 1. The zero-order valence-corrected chi connectivity index (χ0v) is 12.4. The Bertz CT molecular complexity index is 589. The molecule has 0 unspecified atom stereocenters. The molecule has 104 valence electrons. The van der Waals surface area contributed by atoms with Crippen molar-refractivity contribution in [1.82, 2.24) is 4.98 Å². The second kappa shape index (κ2) is 6.91. The van der Waals surface area contributed by atoms with Gasteiger partial charge in [0.05, 0.1) is 4.47 Å². The van der Waals surface area contributed by atoms with Crippen LogP contribution >= 0.6 is 15.9 Å². The number of para-hydroxylation sites is 1. The van der Waals surface area contributed by atoms with Gasteiger partial charge in [0.15, 0.2) is 0 Å². The first-order valence-corrected chi connectivity index (χ1v) is 6.91. The normalized spacial score (nSPS) is 11.3. The molecule has 1 aromatic heterocycles. The molecule has 0 spiro atoms. The fraction of sp³-hybridized carbons (Fsp3) is 0.143. The summed E-state index contributed by atoms with van der Waals surface area (Å²) < 4.78 is 0.892. The van der Waals surface area contributed by atoms with Gasteiger partial charge in [0.1, 0.15) is 11.7 Å². The van der Waals surface area contributed by atoms with Gasteiger partial charge in [-0.3, -0.25) is 0 Å². The number of halogens is 1. The first-order chi connectivity index (χ1) is 9.72.